The van der Waals surface area contributed by atoms with Crippen molar-refractivity contribution in [1.82, 2.24) is 25.5 Å². The van der Waals surface area contributed by atoms with E-state index in [0.29, 0.717) is 23.7 Å². The van der Waals surface area contributed by atoms with Gasteiger partial charge >= 0.3 is 11.7 Å². The molecule has 0 aliphatic rings. The highest BCUT2D eigenvalue weighted by molar-refractivity contribution is 5.85. The average Bonchev–Trinajstić information content (AvgIpc) is 2.76. The van der Waals surface area contributed by atoms with E-state index in [1.54, 1.807) is 4.98 Å². The van der Waals surface area contributed by atoms with Crippen molar-refractivity contribution >= 4 is 17.8 Å². The number of amides is 3. The second-order valence-electron chi connectivity index (χ2n) is 7.59. The van der Waals surface area contributed by atoms with Crippen LogP contribution in [0.25, 0.3) is 0 Å². The number of nitrogens with one attached hydrogen (secondary N) is 4. The molecule has 32 heavy (non-hydrogen) atoms. The van der Waals surface area contributed by atoms with Crippen molar-refractivity contribution in [3.8, 4) is 0 Å². The van der Waals surface area contributed by atoms with Crippen LogP contribution in [0.1, 0.15) is 65.2 Å². The summed E-state index contributed by atoms with van der Waals surface area (Å²) < 4.78 is 13.7. The lowest BCUT2D eigenvalue weighted by Crippen LogP contribution is -2.40. The Morgan fingerprint density at radius 1 is 0.969 bits per heavy atom. The molecule has 0 aliphatic carbocycles. The number of aromatic amines is 1. The van der Waals surface area contributed by atoms with Gasteiger partial charge in [0.15, 0.2) is 0 Å². The lowest BCUT2D eigenvalue weighted by molar-refractivity contribution is -0.128. The zero-order chi connectivity index (χ0) is 23.9. The van der Waals surface area contributed by atoms with E-state index in [0.717, 1.165) is 44.9 Å². The van der Waals surface area contributed by atoms with Crippen molar-refractivity contribution in [1.29, 1.82) is 0 Å². The van der Waals surface area contributed by atoms with Crippen molar-refractivity contribution in [2.75, 3.05) is 19.6 Å². The predicted octanol–water partition coefficient (Wildman–Crippen LogP) is 1.24. The predicted molar refractivity (Wildman–Crippen MR) is 118 cm³/mol. The average molecular weight is 456 g/mol. The lowest BCUT2D eigenvalue weighted by atomic mass is 9.97. The van der Waals surface area contributed by atoms with E-state index >= 15 is 0 Å². The molecule has 11 heteroatoms. The number of hydrogen-bond donors (Lipinski definition) is 4. The van der Waals surface area contributed by atoms with Crippen LogP contribution >= 0.6 is 0 Å². The highest BCUT2D eigenvalue weighted by atomic mass is 19.1. The highest BCUT2D eigenvalue weighted by Gasteiger charge is 2.17. The highest BCUT2D eigenvalue weighted by Crippen LogP contribution is 2.13. The molecule has 0 aliphatic heterocycles. The summed E-state index contributed by atoms with van der Waals surface area (Å²) in [5.74, 6) is -1.56. The van der Waals surface area contributed by atoms with Crippen LogP contribution in [0.15, 0.2) is 15.8 Å². The van der Waals surface area contributed by atoms with Gasteiger partial charge in [0.1, 0.15) is 0 Å². The van der Waals surface area contributed by atoms with Gasteiger partial charge in [-0.15, -0.1) is 0 Å². The largest absolute Gasteiger partial charge is 0.355 e. The van der Waals surface area contributed by atoms with Crippen LogP contribution in [0.3, 0.4) is 0 Å². The zero-order valence-electron chi connectivity index (χ0n) is 18.8. The summed E-state index contributed by atoms with van der Waals surface area (Å²) in [6.45, 7) is 4.80. The van der Waals surface area contributed by atoms with Crippen molar-refractivity contribution in [3.05, 3.63) is 32.9 Å². The summed E-state index contributed by atoms with van der Waals surface area (Å²) in [4.78, 5) is 60.0. The lowest BCUT2D eigenvalue weighted by Gasteiger charge is -2.15. The van der Waals surface area contributed by atoms with Crippen molar-refractivity contribution in [2.24, 2.45) is 5.92 Å². The van der Waals surface area contributed by atoms with Gasteiger partial charge in [0.2, 0.25) is 17.6 Å². The fourth-order valence-corrected chi connectivity index (χ4v) is 3.19. The molecule has 1 rings (SSSR count). The Bertz CT molecular complexity index is 861. The monoisotopic (exact) mass is 455 g/mol. The Labute approximate surface area is 186 Å². The smallest absolute Gasteiger partial charge is 0.336 e. The topological polar surface area (TPSA) is 142 Å². The first kappa shape index (κ1) is 27.1. The van der Waals surface area contributed by atoms with E-state index in [1.165, 1.54) is 0 Å². The van der Waals surface area contributed by atoms with E-state index in [4.69, 9.17) is 0 Å². The Balaban J connectivity index is 2.13. The Kier molecular flexibility index (Phi) is 12.6. The molecule has 4 N–H and O–H groups in total. The molecular formula is C21H34FN5O5. The van der Waals surface area contributed by atoms with Crippen LogP contribution in [-0.4, -0.2) is 47.0 Å². The minimum absolute atomic E-state index is 0.0283. The van der Waals surface area contributed by atoms with Crippen LogP contribution < -0.4 is 27.2 Å². The molecule has 0 atom stereocenters. The zero-order valence-corrected chi connectivity index (χ0v) is 18.8. The second kappa shape index (κ2) is 14.9. The summed E-state index contributed by atoms with van der Waals surface area (Å²) in [6.07, 6.45) is 7.01. The Hall–Kier alpha value is -2.98. The number of H-pyrrole nitrogens is 1. The SMILES string of the molecule is CCCC(CCC)C(=O)NCC(=O)NCCCCCCNC(=O)n1cc(F)c(=O)[nH]c1=O. The maximum absolute atomic E-state index is 13.2. The number of hydrogen-bond acceptors (Lipinski definition) is 5. The molecule has 0 bridgehead atoms. The molecule has 0 saturated carbocycles. The minimum atomic E-state index is -1.22. The van der Waals surface area contributed by atoms with Gasteiger partial charge in [-0.05, 0) is 25.7 Å². The molecule has 10 nitrogen and oxygen atoms in total. The number of rotatable bonds is 14. The van der Waals surface area contributed by atoms with E-state index in [9.17, 15) is 28.4 Å². The third-order valence-corrected chi connectivity index (χ3v) is 4.89. The molecule has 0 saturated heterocycles. The van der Waals surface area contributed by atoms with E-state index in [2.05, 4.69) is 16.0 Å². The van der Waals surface area contributed by atoms with Gasteiger partial charge in [-0.25, -0.2) is 14.2 Å². The molecule has 0 unspecified atom stereocenters. The Morgan fingerprint density at radius 2 is 1.56 bits per heavy atom. The van der Waals surface area contributed by atoms with Gasteiger partial charge < -0.3 is 16.0 Å². The summed E-state index contributed by atoms with van der Waals surface area (Å²) >= 11 is 0. The fourth-order valence-electron chi connectivity index (χ4n) is 3.19. The van der Waals surface area contributed by atoms with Crippen LogP contribution in [0, 0.1) is 11.7 Å². The van der Waals surface area contributed by atoms with Crippen LogP contribution in [0.4, 0.5) is 9.18 Å². The summed E-state index contributed by atoms with van der Waals surface area (Å²) in [7, 11) is 0. The summed E-state index contributed by atoms with van der Waals surface area (Å²) in [6, 6.07) is -0.820. The molecule has 0 spiro atoms. The Morgan fingerprint density at radius 3 is 2.16 bits per heavy atom. The number of carbonyl (C=O) groups is 3. The normalized spacial score (nSPS) is 10.8. The quantitative estimate of drug-likeness (QED) is 0.312. The van der Waals surface area contributed by atoms with E-state index in [1.807, 2.05) is 13.8 Å². The van der Waals surface area contributed by atoms with Gasteiger partial charge in [-0.2, -0.15) is 4.39 Å². The van der Waals surface area contributed by atoms with Crippen LogP contribution in [-0.2, 0) is 9.59 Å². The molecule has 0 radical (unpaired) electrons. The molecule has 3 amide bonds. The third kappa shape index (κ3) is 9.88. The molecule has 1 heterocycles. The van der Waals surface area contributed by atoms with Crippen molar-refractivity contribution in [2.45, 2.75) is 65.2 Å². The molecule has 1 aromatic heterocycles. The fraction of sp³-hybridized carbons (Fsp3) is 0.667. The van der Waals surface area contributed by atoms with Crippen LogP contribution in [0.5, 0.6) is 0 Å². The maximum atomic E-state index is 13.2. The van der Waals surface area contributed by atoms with E-state index < -0.39 is 23.1 Å². The number of carbonyl (C=O) groups excluding carboxylic acids is 3. The maximum Gasteiger partial charge on any atom is 0.336 e. The molecule has 0 fully saturated rings. The number of nitrogens with zero attached hydrogens (tertiary/aromatic N) is 1. The molecule has 1 aromatic rings. The minimum Gasteiger partial charge on any atom is -0.355 e. The first-order valence-corrected chi connectivity index (χ1v) is 11.1. The second-order valence-corrected chi connectivity index (χ2v) is 7.59. The first-order chi connectivity index (χ1) is 15.3. The summed E-state index contributed by atoms with van der Waals surface area (Å²) in [5.41, 5.74) is -2.18. The van der Waals surface area contributed by atoms with Gasteiger partial charge in [-0.1, -0.05) is 39.5 Å². The molecule has 0 aromatic carbocycles. The van der Waals surface area contributed by atoms with Gasteiger partial charge in [-0.3, -0.25) is 19.4 Å². The number of unbranched alkanes of at least 4 members (excludes halogenated alkanes) is 3. The first-order valence-electron chi connectivity index (χ1n) is 11.1. The van der Waals surface area contributed by atoms with Gasteiger partial charge in [0.25, 0.3) is 5.56 Å². The van der Waals surface area contributed by atoms with Gasteiger partial charge in [0.05, 0.1) is 12.7 Å². The van der Waals surface area contributed by atoms with E-state index in [-0.39, 0.29) is 30.8 Å². The number of halogens is 1. The molecule has 180 valence electrons. The summed E-state index contributed by atoms with van der Waals surface area (Å²) in [5, 5.41) is 7.93. The number of aromatic nitrogens is 2. The van der Waals surface area contributed by atoms with Crippen molar-refractivity contribution in [3.63, 3.8) is 0 Å². The van der Waals surface area contributed by atoms with Crippen molar-refractivity contribution < 1.29 is 18.8 Å². The van der Waals surface area contributed by atoms with Crippen LogP contribution in [0.2, 0.25) is 0 Å². The third-order valence-electron chi connectivity index (χ3n) is 4.89. The standard InChI is InChI=1S/C21H34FN5O5/c1-3-9-15(10-4-2)18(29)25-13-17(28)23-11-7-5-6-8-12-24-20(31)27-14-16(22)19(30)26-21(27)32/h14-15H,3-13H2,1-2H3,(H,23,28)(H,24,31)(H,25,29)(H,26,30,32). The molecular weight excluding hydrogens is 421 g/mol. The van der Waals surface area contributed by atoms with Gasteiger partial charge in [0, 0.05) is 19.0 Å².